The molecular formula is C15H15N5S. The Balaban J connectivity index is 2.33. The van der Waals surface area contributed by atoms with E-state index in [0.717, 1.165) is 27.0 Å². The zero-order chi connectivity index (χ0) is 15.1. The largest absolute Gasteiger partial charge is 0.383 e. The molecule has 5 N–H and O–H groups in total. The first-order chi connectivity index (χ1) is 9.95. The molecule has 0 aliphatic carbocycles. The Kier molecular flexibility index (Phi) is 3.10. The first-order valence-corrected chi connectivity index (χ1v) is 7.26. The Morgan fingerprint density at radius 2 is 1.95 bits per heavy atom. The number of benzene rings is 1. The van der Waals surface area contributed by atoms with Gasteiger partial charge in [0, 0.05) is 10.9 Å². The van der Waals surface area contributed by atoms with E-state index in [1.807, 2.05) is 25.1 Å². The van der Waals surface area contributed by atoms with Crippen LogP contribution in [0.25, 0.3) is 21.5 Å². The SMILES string of the molecule is Cc1ccc(-c2nc(N)nc3sc(C(=N)N)cc23)c(C)c1. The molecule has 3 aromatic rings. The highest BCUT2D eigenvalue weighted by atomic mass is 32.1. The first-order valence-electron chi connectivity index (χ1n) is 6.45. The lowest BCUT2D eigenvalue weighted by Crippen LogP contribution is -2.08. The Morgan fingerprint density at radius 1 is 1.19 bits per heavy atom. The molecular weight excluding hydrogens is 282 g/mol. The highest BCUT2D eigenvalue weighted by Crippen LogP contribution is 2.34. The molecule has 0 bridgehead atoms. The van der Waals surface area contributed by atoms with Crippen molar-refractivity contribution in [2.24, 2.45) is 5.73 Å². The van der Waals surface area contributed by atoms with E-state index in [-0.39, 0.29) is 11.8 Å². The Morgan fingerprint density at radius 3 is 2.62 bits per heavy atom. The molecule has 0 aliphatic rings. The third-order valence-corrected chi connectivity index (χ3v) is 4.37. The van der Waals surface area contributed by atoms with Gasteiger partial charge >= 0.3 is 0 Å². The second-order valence-electron chi connectivity index (χ2n) is 4.99. The number of nitrogens with two attached hydrogens (primary N) is 2. The molecule has 0 aliphatic heterocycles. The van der Waals surface area contributed by atoms with Crippen molar-refractivity contribution >= 4 is 33.3 Å². The fourth-order valence-corrected chi connectivity index (χ4v) is 3.26. The van der Waals surface area contributed by atoms with Crippen LogP contribution < -0.4 is 11.5 Å². The van der Waals surface area contributed by atoms with Crippen LogP contribution in [0.1, 0.15) is 16.0 Å². The van der Waals surface area contributed by atoms with Crippen molar-refractivity contribution < 1.29 is 0 Å². The maximum absolute atomic E-state index is 7.58. The molecule has 0 unspecified atom stereocenters. The molecule has 2 aromatic heterocycles. The van der Waals surface area contributed by atoms with E-state index in [4.69, 9.17) is 16.9 Å². The molecule has 21 heavy (non-hydrogen) atoms. The van der Waals surface area contributed by atoms with Crippen molar-refractivity contribution in [3.05, 3.63) is 40.3 Å². The number of rotatable bonds is 2. The third kappa shape index (κ3) is 2.34. The van der Waals surface area contributed by atoms with Gasteiger partial charge in [-0.05, 0) is 25.5 Å². The average molecular weight is 297 g/mol. The minimum atomic E-state index is 0.0307. The summed E-state index contributed by atoms with van der Waals surface area (Å²) < 4.78 is 0. The number of fused-ring (bicyclic) bond motifs is 1. The second kappa shape index (κ2) is 4.82. The van der Waals surface area contributed by atoms with Crippen LogP contribution in [0.15, 0.2) is 24.3 Å². The minimum absolute atomic E-state index is 0.0307. The summed E-state index contributed by atoms with van der Waals surface area (Å²) in [7, 11) is 0. The summed E-state index contributed by atoms with van der Waals surface area (Å²) in [6.07, 6.45) is 0. The predicted molar refractivity (Wildman–Crippen MR) is 87.8 cm³/mol. The highest BCUT2D eigenvalue weighted by molar-refractivity contribution is 7.20. The Hall–Kier alpha value is -2.47. The summed E-state index contributed by atoms with van der Waals surface area (Å²) in [4.78, 5) is 10.1. The molecule has 0 atom stereocenters. The van der Waals surface area contributed by atoms with Gasteiger partial charge in [0.15, 0.2) is 0 Å². The van der Waals surface area contributed by atoms with Crippen molar-refractivity contribution in [1.82, 2.24) is 9.97 Å². The average Bonchev–Trinajstić information content (AvgIpc) is 2.82. The monoisotopic (exact) mass is 297 g/mol. The van der Waals surface area contributed by atoms with Crippen LogP contribution in [-0.4, -0.2) is 15.8 Å². The van der Waals surface area contributed by atoms with E-state index in [2.05, 4.69) is 23.0 Å². The van der Waals surface area contributed by atoms with Gasteiger partial charge in [0.2, 0.25) is 5.95 Å². The van der Waals surface area contributed by atoms with E-state index >= 15 is 0 Å². The molecule has 1 aromatic carbocycles. The lowest BCUT2D eigenvalue weighted by atomic mass is 10.0. The molecule has 106 valence electrons. The van der Waals surface area contributed by atoms with E-state index in [9.17, 15) is 0 Å². The van der Waals surface area contributed by atoms with Gasteiger partial charge in [-0.1, -0.05) is 23.8 Å². The molecule has 0 saturated carbocycles. The van der Waals surface area contributed by atoms with Gasteiger partial charge in [0.1, 0.15) is 10.7 Å². The van der Waals surface area contributed by atoms with Crippen molar-refractivity contribution in [2.75, 3.05) is 5.73 Å². The molecule has 5 nitrogen and oxygen atoms in total. The van der Waals surface area contributed by atoms with E-state index in [1.165, 1.54) is 16.9 Å². The van der Waals surface area contributed by atoms with Crippen molar-refractivity contribution in [1.29, 1.82) is 5.41 Å². The number of hydrogen-bond donors (Lipinski definition) is 3. The van der Waals surface area contributed by atoms with E-state index in [1.54, 1.807) is 0 Å². The van der Waals surface area contributed by atoms with Gasteiger partial charge < -0.3 is 11.5 Å². The van der Waals surface area contributed by atoms with Crippen LogP contribution >= 0.6 is 11.3 Å². The van der Waals surface area contributed by atoms with Crippen LogP contribution in [0.3, 0.4) is 0 Å². The Bertz CT molecular complexity index is 866. The predicted octanol–water partition coefficient (Wildman–Crippen LogP) is 2.84. The van der Waals surface area contributed by atoms with Crippen molar-refractivity contribution in [3.63, 3.8) is 0 Å². The van der Waals surface area contributed by atoms with E-state index in [0.29, 0.717) is 4.88 Å². The minimum Gasteiger partial charge on any atom is -0.383 e. The number of aryl methyl sites for hydroxylation is 2. The summed E-state index contributed by atoms with van der Waals surface area (Å²) >= 11 is 1.36. The van der Waals surface area contributed by atoms with Crippen LogP contribution in [0.5, 0.6) is 0 Å². The van der Waals surface area contributed by atoms with Crippen LogP contribution in [-0.2, 0) is 0 Å². The second-order valence-corrected chi connectivity index (χ2v) is 6.02. The lowest BCUT2D eigenvalue weighted by Gasteiger charge is -2.08. The highest BCUT2D eigenvalue weighted by Gasteiger charge is 2.15. The van der Waals surface area contributed by atoms with E-state index < -0.39 is 0 Å². The normalized spacial score (nSPS) is 11.0. The topological polar surface area (TPSA) is 102 Å². The lowest BCUT2D eigenvalue weighted by molar-refractivity contribution is 1.24. The Labute approximate surface area is 126 Å². The summed E-state index contributed by atoms with van der Waals surface area (Å²) in [5.74, 6) is 0.262. The fraction of sp³-hybridized carbons (Fsp3) is 0.133. The van der Waals surface area contributed by atoms with Gasteiger partial charge in [-0.25, -0.2) is 9.97 Å². The quantitative estimate of drug-likeness (QED) is 0.500. The number of nitrogen functional groups attached to an aromatic ring is 2. The van der Waals surface area contributed by atoms with Crippen LogP contribution in [0, 0.1) is 19.3 Å². The molecule has 2 heterocycles. The maximum atomic E-state index is 7.58. The zero-order valence-electron chi connectivity index (χ0n) is 11.8. The third-order valence-electron chi connectivity index (χ3n) is 3.31. The van der Waals surface area contributed by atoms with Crippen molar-refractivity contribution in [3.8, 4) is 11.3 Å². The number of thiophene rings is 1. The standard InChI is InChI=1S/C15H15N5S/c1-7-3-4-9(8(2)5-7)12-10-6-11(13(16)17)21-14(10)20-15(18)19-12/h3-6H,1-2H3,(H3,16,17)(H2,18,19,20). The molecule has 0 saturated heterocycles. The summed E-state index contributed by atoms with van der Waals surface area (Å²) in [5, 5.41) is 8.46. The van der Waals surface area contributed by atoms with Crippen molar-refractivity contribution in [2.45, 2.75) is 13.8 Å². The summed E-state index contributed by atoms with van der Waals surface area (Å²) in [6.45, 7) is 4.10. The summed E-state index contributed by atoms with van der Waals surface area (Å²) in [5.41, 5.74) is 15.5. The van der Waals surface area contributed by atoms with Gasteiger partial charge in [0.05, 0.1) is 10.6 Å². The van der Waals surface area contributed by atoms with Gasteiger partial charge in [0.25, 0.3) is 0 Å². The molecule has 0 amide bonds. The number of amidine groups is 1. The van der Waals surface area contributed by atoms with Gasteiger partial charge in [-0.2, -0.15) is 0 Å². The zero-order valence-corrected chi connectivity index (χ0v) is 12.6. The molecule has 0 radical (unpaired) electrons. The molecule has 0 fully saturated rings. The molecule has 6 heteroatoms. The first kappa shape index (κ1) is 13.5. The van der Waals surface area contributed by atoms with Crippen LogP contribution in [0.4, 0.5) is 5.95 Å². The number of nitrogens with zero attached hydrogens (tertiary/aromatic N) is 2. The molecule has 3 rings (SSSR count). The smallest absolute Gasteiger partial charge is 0.221 e. The summed E-state index contributed by atoms with van der Waals surface area (Å²) in [6, 6.07) is 8.05. The van der Waals surface area contributed by atoms with Gasteiger partial charge in [-0.15, -0.1) is 11.3 Å². The number of nitrogens with one attached hydrogen (secondary N) is 1. The fourth-order valence-electron chi connectivity index (χ4n) is 2.36. The number of aromatic nitrogens is 2. The van der Waals surface area contributed by atoms with Crippen LogP contribution in [0.2, 0.25) is 0 Å². The number of hydrogen-bond acceptors (Lipinski definition) is 5. The van der Waals surface area contributed by atoms with Gasteiger partial charge in [-0.3, -0.25) is 5.41 Å². The maximum Gasteiger partial charge on any atom is 0.221 e. The number of anilines is 1. The molecule has 0 spiro atoms.